The Kier molecular flexibility index (Phi) is 6.16. The van der Waals surface area contributed by atoms with Crippen molar-refractivity contribution in [1.82, 2.24) is 4.98 Å². The van der Waals surface area contributed by atoms with Crippen molar-refractivity contribution in [2.75, 3.05) is 5.32 Å². The summed E-state index contributed by atoms with van der Waals surface area (Å²) in [6.45, 7) is 10.5. The van der Waals surface area contributed by atoms with Crippen LogP contribution in [-0.2, 0) is 12.8 Å². The average molecular weight is 306 g/mol. The van der Waals surface area contributed by atoms with Crippen molar-refractivity contribution in [1.29, 1.82) is 0 Å². The molecule has 0 radical (unpaired) electrons. The van der Waals surface area contributed by atoms with Gasteiger partial charge in [-0.3, -0.25) is 0 Å². The molecule has 1 N–H and O–H groups in total. The summed E-state index contributed by atoms with van der Waals surface area (Å²) in [6, 6.07) is 10.3. The number of rotatable bonds is 6. The highest BCUT2D eigenvalue weighted by Crippen LogP contribution is 2.21. The summed E-state index contributed by atoms with van der Waals surface area (Å²) in [7, 11) is 0. The summed E-state index contributed by atoms with van der Waals surface area (Å²) in [5.74, 6) is 0.970. The molecule has 2 rings (SSSR count). The van der Waals surface area contributed by atoms with E-state index in [0.29, 0.717) is 0 Å². The van der Waals surface area contributed by atoms with Crippen molar-refractivity contribution in [2.24, 2.45) is 0 Å². The summed E-state index contributed by atoms with van der Waals surface area (Å²) in [5, 5.41) is 5.65. The fraction of sp³-hybridized carbons (Fsp3) is 0.286. The van der Waals surface area contributed by atoms with Crippen LogP contribution in [0.4, 0.5) is 5.82 Å². The molecule has 0 unspecified atom stereocenters. The monoisotopic (exact) mass is 306 g/mol. The Morgan fingerprint density at radius 1 is 1.22 bits per heavy atom. The van der Waals surface area contributed by atoms with E-state index >= 15 is 0 Å². The van der Waals surface area contributed by atoms with Crippen LogP contribution < -0.4 is 15.8 Å². The van der Waals surface area contributed by atoms with E-state index in [1.807, 2.05) is 31.3 Å². The molecular weight excluding hydrogens is 280 g/mol. The van der Waals surface area contributed by atoms with Crippen LogP contribution in [0.5, 0.6) is 0 Å². The SMILES string of the molecule is C=c1cccc/c1=C/C(=CC)Nc1nccc(CC)c1CCC. The molecule has 0 aliphatic heterocycles. The Morgan fingerprint density at radius 3 is 2.65 bits per heavy atom. The van der Waals surface area contributed by atoms with Crippen LogP contribution in [0.25, 0.3) is 12.7 Å². The molecule has 2 nitrogen and oxygen atoms in total. The van der Waals surface area contributed by atoms with Gasteiger partial charge in [0.1, 0.15) is 5.82 Å². The summed E-state index contributed by atoms with van der Waals surface area (Å²) < 4.78 is 0. The fourth-order valence-electron chi connectivity index (χ4n) is 2.67. The maximum Gasteiger partial charge on any atom is 0.133 e. The van der Waals surface area contributed by atoms with E-state index in [-0.39, 0.29) is 0 Å². The van der Waals surface area contributed by atoms with Gasteiger partial charge in [-0.15, -0.1) is 0 Å². The zero-order valence-corrected chi connectivity index (χ0v) is 14.4. The Morgan fingerprint density at radius 2 is 2.00 bits per heavy atom. The number of benzene rings is 1. The number of aromatic nitrogens is 1. The van der Waals surface area contributed by atoms with Gasteiger partial charge < -0.3 is 5.32 Å². The molecule has 1 heterocycles. The van der Waals surface area contributed by atoms with Crippen LogP contribution in [0.3, 0.4) is 0 Å². The zero-order valence-electron chi connectivity index (χ0n) is 14.4. The number of nitrogens with zero attached hydrogens (tertiary/aromatic N) is 1. The molecule has 0 amide bonds. The lowest BCUT2D eigenvalue weighted by Crippen LogP contribution is -2.22. The van der Waals surface area contributed by atoms with Gasteiger partial charge in [0.25, 0.3) is 0 Å². The highest BCUT2D eigenvalue weighted by molar-refractivity contribution is 5.61. The van der Waals surface area contributed by atoms with Gasteiger partial charge in [-0.05, 0) is 53.5 Å². The van der Waals surface area contributed by atoms with Gasteiger partial charge in [0.05, 0.1) is 0 Å². The van der Waals surface area contributed by atoms with Crippen LogP contribution >= 0.6 is 0 Å². The molecule has 0 saturated carbocycles. The standard InChI is InChI=1S/C21H26N2/c1-5-10-20-17(6-2)13-14-22-21(20)23-19(7-3)15-18-12-9-8-11-16(18)4/h7-9,11-15H,4-6,10H2,1-3H3,(H,22,23)/b18-15-,19-7?. The van der Waals surface area contributed by atoms with E-state index in [1.165, 1.54) is 11.1 Å². The molecule has 1 aromatic carbocycles. The van der Waals surface area contributed by atoms with Crippen molar-refractivity contribution in [3.8, 4) is 0 Å². The number of anilines is 1. The Bertz CT molecular complexity index is 788. The van der Waals surface area contributed by atoms with Crippen molar-refractivity contribution in [3.05, 3.63) is 69.9 Å². The first-order valence-corrected chi connectivity index (χ1v) is 8.35. The smallest absolute Gasteiger partial charge is 0.133 e. The van der Waals surface area contributed by atoms with Crippen LogP contribution in [0.15, 0.2) is 48.3 Å². The van der Waals surface area contributed by atoms with Crippen LogP contribution in [-0.4, -0.2) is 4.98 Å². The molecule has 0 fully saturated rings. The summed E-state index contributed by atoms with van der Waals surface area (Å²) in [6.07, 6.45) is 9.28. The van der Waals surface area contributed by atoms with E-state index in [9.17, 15) is 0 Å². The molecule has 2 aromatic rings. The molecular formula is C21H26N2. The molecule has 120 valence electrons. The molecule has 2 heteroatoms. The van der Waals surface area contributed by atoms with Gasteiger partial charge in [0.2, 0.25) is 0 Å². The van der Waals surface area contributed by atoms with E-state index < -0.39 is 0 Å². The molecule has 0 bridgehead atoms. The first kappa shape index (κ1) is 17.0. The molecule has 0 aliphatic carbocycles. The first-order valence-electron chi connectivity index (χ1n) is 8.35. The molecule has 0 spiro atoms. The largest absolute Gasteiger partial charge is 0.340 e. The second-order valence-electron chi connectivity index (χ2n) is 5.61. The van der Waals surface area contributed by atoms with E-state index in [2.05, 4.69) is 55.0 Å². The minimum atomic E-state index is 0.970. The van der Waals surface area contributed by atoms with Gasteiger partial charge in [0.15, 0.2) is 0 Å². The third-order valence-electron chi connectivity index (χ3n) is 3.97. The van der Waals surface area contributed by atoms with E-state index in [0.717, 1.165) is 41.2 Å². The van der Waals surface area contributed by atoms with Crippen LogP contribution in [0.1, 0.15) is 38.3 Å². The van der Waals surface area contributed by atoms with Crippen molar-refractivity contribution in [3.63, 3.8) is 0 Å². The van der Waals surface area contributed by atoms with Crippen molar-refractivity contribution in [2.45, 2.75) is 40.0 Å². The third kappa shape index (κ3) is 4.32. The average Bonchev–Trinajstić information content (AvgIpc) is 2.57. The predicted molar refractivity (Wildman–Crippen MR) is 101 cm³/mol. The molecule has 0 aliphatic rings. The zero-order chi connectivity index (χ0) is 16.7. The van der Waals surface area contributed by atoms with Gasteiger partial charge in [-0.1, -0.05) is 57.2 Å². The number of pyridine rings is 1. The van der Waals surface area contributed by atoms with Gasteiger partial charge in [-0.25, -0.2) is 4.98 Å². The second-order valence-corrected chi connectivity index (χ2v) is 5.61. The molecule has 0 saturated heterocycles. The Balaban J connectivity index is 2.39. The lowest BCUT2D eigenvalue weighted by Gasteiger charge is -2.14. The first-order chi connectivity index (χ1) is 11.2. The molecule has 0 atom stereocenters. The minimum Gasteiger partial charge on any atom is -0.340 e. The topological polar surface area (TPSA) is 24.9 Å². The lowest BCUT2D eigenvalue weighted by molar-refractivity contribution is 0.892. The van der Waals surface area contributed by atoms with Gasteiger partial charge in [-0.2, -0.15) is 0 Å². The molecule has 23 heavy (non-hydrogen) atoms. The van der Waals surface area contributed by atoms with E-state index in [4.69, 9.17) is 0 Å². The highest BCUT2D eigenvalue weighted by atomic mass is 15.0. The summed E-state index contributed by atoms with van der Waals surface area (Å²) in [4.78, 5) is 4.57. The fourth-order valence-corrected chi connectivity index (χ4v) is 2.67. The van der Waals surface area contributed by atoms with Crippen LogP contribution in [0, 0.1) is 0 Å². The van der Waals surface area contributed by atoms with Crippen LogP contribution in [0.2, 0.25) is 0 Å². The number of aryl methyl sites for hydroxylation is 1. The predicted octanol–water partition coefficient (Wildman–Crippen LogP) is 3.80. The lowest BCUT2D eigenvalue weighted by atomic mass is 10.0. The Hall–Kier alpha value is -2.35. The number of hydrogen-bond acceptors (Lipinski definition) is 2. The quantitative estimate of drug-likeness (QED) is 0.878. The minimum absolute atomic E-state index is 0.970. The number of hydrogen-bond donors (Lipinski definition) is 1. The van der Waals surface area contributed by atoms with Gasteiger partial charge >= 0.3 is 0 Å². The highest BCUT2D eigenvalue weighted by Gasteiger charge is 2.08. The third-order valence-corrected chi connectivity index (χ3v) is 3.97. The van der Waals surface area contributed by atoms with Crippen molar-refractivity contribution >= 4 is 18.5 Å². The summed E-state index contributed by atoms with van der Waals surface area (Å²) in [5.41, 5.74) is 3.74. The molecule has 1 aromatic heterocycles. The van der Waals surface area contributed by atoms with Gasteiger partial charge in [0, 0.05) is 11.9 Å². The maximum absolute atomic E-state index is 4.57. The van der Waals surface area contributed by atoms with E-state index in [1.54, 1.807) is 0 Å². The second kappa shape index (κ2) is 8.33. The maximum atomic E-state index is 4.57. The number of nitrogens with one attached hydrogen (secondary N) is 1. The van der Waals surface area contributed by atoms with Crippen molar-refractivity contribution < 1.29 is 0 Å². The normalized spacial score (nSPS) is 12.5. The number of allylic oxidation sites excluding steroid dienone is 2. The Labute approximate surface area is 139 Å². The summed E-state index contributed by atoms with van der Waals surface area (Å²) >= 11 is 0.